The van der Waals surface area contributed by atoms with Crippen LogP contribution in [0.15, 0.2) is 54.7 Å². The van der Waals surface area contributed by atoms with Crippen molar-refractivity contribution in [1.82, 2.24) is 4.90 Å². The van der Waals surface area contributed by atoms with E-state index in [4.69, 9.17) is 12.2 Å². The quantitative estimate of drug-likeness (QED) is 0.509. The summed E-state index contributed by atoms with van der Waals surface area (Å²) in [6.45, 7) is 2.02. The maximum atomic E-state index is 11.4. The average Bonchev–Trinajstić information content (AvgIpc) is 2.52. The summed E-state index contributed by atoms with van der Waals surface area (Å²) in [6.07, 6.45) is 3.65. The molecule has 0 saturated heterocycles. The molecule has 2 rings (SSSR count). The predicted molar refractivity (Wildman–Crippen MR) is 98.1 cm³/mol. The highest BCUT2D eigenvalue weighted by Gasteiger charge is 2.10. The van der Waals surface area contributed by atoms with E-state index in [9.17, 15) is 9.90 Å². The number of allylic oxidation sites excluding steroid dienone is 1. The molecule has 0 aromatic heterocycles. The van der Waals surface area contributed by atoms with Crippen LogP contribution in [0.3, 0.4) is 0 Å². The van der Waals surface area contributed by atoms with Gasteiger partial charge in [0, 0.05) is 19.0 Å². The number of nitrogens with zero attached hydrogens (tertiary/aromatic N) is 1. The second-order valence-corrected chi connectivity index (χ2v) is 6.05. The standard InChI is InChI=1S/C19H19NO2S/c1-13-4-6-14(7-5-13)15-10-16(12-17(11-15)19(21)22)18(23)8-9-20(2)3/h4-12H,1-3H3,(H,21,22)/b9-8+. The maximum Gasteiger partial charge on any atom is 0.335 e. The van der Waals surface area contributed by atoms with Crippen LogP contribution in [0, 0.1) is 6.92 Å². The Bertz CT molecular complexity index is 761. The fourth-order valence-electron chi connectivity index (χ4n) is 2.12. The van der Waals surface area contributed by atoms with Crippen molar-refractivity contribution in [1.29, 1.82) is 0 Å². The molecule has 0 atom stereocenters. The van der Waals surface area contributed by atoms with Gasteiger partial charge in [0.1, 0.15) is 0 Å². The number of thiocarbonyl (C=S) groups is 1. The molecule has 0 spiro atoms. The van der Waals surface area contributed by atoms with Crippen molar-refractivity contribution in [2.24, 2.45) is 0 Å². The van der Waals surface area contributed by atoms with Gasteiger partial charge in [-0.2, -0.15) is 0 Å². The lowest BCUT2D eigenvalue weighted by Gasteiger charge is -2.09. The van der Waals surface area contributed by atoms with Gasteiger partial charge in [0.2, 0.25) is 0 Å². The Labute approximate surface area is 141 Å². The normalized spacial score (nSPS) is 10.7. The molecule has 118 valence electrons. The van der Waals surface area contributed by atoms with Gasteiger partial charge in [-0.25, -0.2) is 4.79 Å². The van der Waals surface area contributed by atoms with Crippen LogP contribution in [-0.4, -0.2) is 34.9 Å². The van der Waals surface area contributed by atoms with Crippen molar-refractivity contribution in [3.8, 4) is 11.1 Å². The molecule has 0 saturated carbocycles. The van der Waals surface area contributed by atoms with Crippen LogP contribution < -0.4 is 0 Å². The van der Waals surface area contributed by atoms with E-state index < -0.39 is 5.97 Å². The lowest BCUT2D eigenvalue weighted by Crippen LogP contribution is -2.04. The third kappa shape index (κ3) is 4.50. The summed E-state index contributed by atoms with van der Waals surface area (Å²) in [6, 6.07) is 13.2. The fraction of sp³-hybridized carbons (Fsp3) is 0.158. The van der Waals surface area contributed by atoms with Gasteiger partial charge < -0.3 is 10.0 Å². The summed E-state index contributed by atoms with van der Waals surface area (Å²) in [7, 11) is 3.81. The molecule has 0 radical (unpaired) electrons. The van der Waals surface area contributed by atoms with Gasteiger partial charge in [-0.1, -0.05) is 42.0 Å². The second kappa shape index (κ2) is 7.20. The lowest BCUT2D eigenvalue weighted by molar-refractivity contribution is 0.0697. The molecule has 0 fully saturated rings. The zero-order valence-electron chi connectivity index (χ0n) is 13.4. The van der Waals surface area contributed by atoms with Crippen LogP contribution in [-0.2, 0) is 0 Å². The molecule has 0 aliphatic rings. The van der Waals surface area contributed by atoms with Crippen LogP contribution in [0.1, 0.15) is 21.5 Å². The molecule has 3 nitrogen and oxygen atoms in total. The third-order valence-corrected chi connectivity index (χ3v) is 3.75. The highest BCUT2D eigenvalue weighted by atomic mass is 32.1. The molecule has 0 bridgehead atoms. The van der Waals surface area contributed by atoms with E-state index in [1.807, 2.05) is 62.5 Å². The molecule has 1 N–H and O–H groups in total. The van der Waals surface area contributed by atoms with E-state index in [-0.39, 0.29) is 5.56 Å². The van der Waals surface area contributed by atoms with Crippen LogP contribution in [0.5, 0.6) is 0 Å². The van der Waals surface area contributed by atoms with Gasteiger partial charge in [0.15, 0.2) is 0 Å². The Morgan fingerprint density at radius 1 is 1.04 bits per heavy atom. The van der Waals surface area contributed by atoms with Crippen molar-refractivity contribution in [2.75, 3.05) is 14.1 Å². The van der Waals surface area contributed by atoms with E-state index in [1.54, 1.807) is 18.2 Å². The Balaban J connectivity index is 2.49. The van der Waals surface area contributed by atoms with E-state index in [2.05, 4.69) is 0 Å². The highest BCUT2D eigenvalue weighted by Crippen LogP contribution is 2.24. The van der Waals surface area contributed by atoms with Crippen LogP contribution in [0.2, 0.25) is 0 Å². The molecule has 0 aliphatic carbocycles. The lowest BCUT2D eigenvalue weighted by atomic mass is 9.97. The Morgan fingerprint density at radius 3 is 2.22 bits per heavy atom. The van der Waals surface area contributed by atoms with Crippen molar-refractivity contribution >= 4 is 23.1 Å². The molecule has 2 aromatic rings. The van der Waals surface area contributed by atoms with Crippen LogP contribution in [0.25, 0.3) is 11.1 Å². The zero-order chi connectivity index (χ0) is 17.0. The smallest absolute Gasteiger partial charge is 0.335 e. The van der Waals surface area contributed by atoms with Crippen LogP contribution in [0.4, 0.5) is 0 Å². The van der Waals surface area contributed by atoms with Crippen LogP contribution >= 0.6 is 12.2 Å². The number of benzene rings is 2. The average molecular weight is 325 g/mol. The number of carboxylic acid groups (broad SMARTS) is 1. The minimum Gasteiger partial charge on any atom is -0.478 e. The summed E-state index contributed by atoms with van der Waals surface area (Å²) in [4.78, 5) is 13.9. The van der Waals surface area contributed by atoms with Crippen molar-refractivity contribution in [3.05, 3.63) is 71.4 Å². The number of hydrogen-bond acceptors (Lipinski definition) is 3. The van der Waals surface area contributed by atoms with Crippen molar-refractivity contribution < 1.29 is 9.90 Å². The first-order valence-electron chi connectivity index (χ1n) is 7.21. The Hall–Kier alpha value is -2.46. The van der Waals surface area contributed by atoms with Crippen molar-refractivity contribution in [2.45, 2.75) is 6.92 Å². The first-order chi connectivity index (χ1) is 10.9. The van der Waals surface area contributed by atoms with E-state index in [0.29, 0.717) is 4.86 Å². The van der Waals surface area contributed by atoms with Gasteiger partial charge >= 0.3 is 5.97 Å². The van der Waals surface area contributed by atoms with E-state index in [1.165, 1.54) is 0 Å². The number of carboxylic acids is 1. The SMILES string of the molecule is Cc1ccc(-c2cc(C(=O)O)cc(C(=S)/C=C/N(C)C)c2)cc1. The van der Waals surface area contributed by atoms with E-state index in [0.717, 1.165) is 22.3 Å². The van der Waals surface area contributed by atoms with Gasteiger partial charge in [-0.3, -0.25) is 0 Å². The summed E-state index contributed by atoms with van der Waals surface area (Å²) in [5, 5.41) is 9.36. The maximum absolute atomic E-state index is 11.4. The number of carbonyl (C=O) groups is 1. The van der Waals surface area contributed by atoms with Gasteiger partial charge in [-0.05, 0) is 54.1 Å². The Kier molecular flexibility index (Phi) is 5.29. The molecule has 0 unspecified atom stereocenters. The molecular formula is C19H19NO2S. The number of rotatable bonds is 5. The molecule has 23 heavy (non-hydrogen) atoms. The third-order valence-electron chi connectivity index (χ3n) is 3.37. The minimum absolute atomic E-state index is 0.235. The topological polar surface area (TPSA) is 40.5 Å². The van der Waals surface area contributed by atoms with Gasteiger partial charge in [0.05, 0.1) is 5.56 Å². The molecule has 0 amide bonds. The van der Waals surface area contributed by atoms with Crippen molar-refractivity contribution in [3.63, 3.8) is 0 Å². The molecule has 2 aromatic carbocycles. The molecular weight excluding hydrogens is 306 g/mol. The highest BCUT2D eigenvalue weighted by molar-refractivity contribution is 7.81. The van der Waals surface area contributed by atoms with E-state index >= 15 is 0 Å². The summed E-state index contributed by atoms with van der Waals surface area (Å²) >= 11 is 5.41. The largest absolute Gasteiger partial charge is 0.478 e. The Morgan fingerprint density at radius 2 is 1.65 bits per heavy atom. The first kappa shape index (κ1) is 16.9. The summed E-state index contributed by atoms with van der Waals surface area (Å²) in [5.41, 5.74) is 3.94. The molecule has 0 heterocycles. The predicted octanol–water partition coefficient (Wildman–Crippen LogP) is 4.15. The number of aryl methyl sites for hydroxylation is 1. The van der Waals surface area contributed by atoms with Gasteiger partial charge in [0.25, 0.3) is 0 Å². The second-order valence-electron chi connectivity index (χ2n) is 5.61. The zero-order valence-corrected chi connectivity index (χ0v) is 14.2. The summed E-state index contributed by atoms with van der Waals surface area (Å²) < 4.78 is 0. The first-order valence-corrected chi connectivity index (χ1v) is 7.62. The summed E-state index contributed by atoms with van der Waals surface area (Å²) in [5.74, 6) is -0.959. The number of aromatic carboxylic acids is 1. The van der Waals surface area contributed by atoms with Gasteiger partial charge in [-0.15, -0.1) is 0 Å². The monoisotopic (exact) mass is 325 g/mol. The molecule has 4 heteroatoms. The minimum atomic E-state index is -0.959. The number of hydrogen-bond donors (Lipinski definition) is 1. The fourth-order valence-corrected chi connectivity index (χ4v) is 2.30. The molecule has 0 aliphatic heterocycles.